The third-order valence-electron chi connectivity index (χ3n) is 3.08. The lowest BCUT2D eigenvalue weighted by Crippen LogP contribution is -2.45. The van der Waals surface area contributed by atoms with E-state index >= 15 is 0 Å². The molecule has 0 aromatic heterocycles. The third kappa shape index (κ3) is 2.67. The molecule has 2 aliphatic rings. The SMILES string of the molecule is OC1COCC1NC1CCCNCC1. The van der Waals surface area contributed by atoms with Crippen LogP contribution in [0.15, 0.2) is 0 Å². The molecule has 0 aromatic carbocycles. The Hall–Kier alpha value is -0.160. The van der Waals surface area contributed by atoms with E-state index in [1.54, 1.807) is 0 Å². The lowest BCUT2D eigenvalue weighted by atomic mass is 10.1. The number of aliphatic hydroxyl groups is 1. The monoisotopic (exact) mass is 200 g/mol. The van der Waals surface area contributed by atoms with Crippen LogP contribution in [0.3, 0.4) is 0 Å². The molecule has 14 heavy (non-hydrogen) atoms. The van der Waals surface area contributed by atoms with Crippen LogP contribution >= 0.6 is 0 Å². The number of ether oxygens (including phenoxy) is 1. The van der Waals surface area contributed by atoms with E-state index in [1.807, 2.05) is 0 Å². The van der Waals surface area contributed by atoms with Crippen molar-refractivity contribution in [2.24, 2.45) is 0 Å². The summed E-state index contributed by atoms with van der Waals surface area (Å²) in [7, 11) is 0. The van der Waals surface area contributed by atoms with Crippen molar-refractivity contribution in [3.05, 3.63) is 0 Å². The van der Waals surface area contributed by atoms with Gasteiger partial charge in [0, 0.05) is 6.04 Å². The van der Waals surface area contributed by atoms with Crippen molar-refractivity contribution in [2.75, 3.05) is 26.3 Å². The molecule has 3 atom stereocenters. The first kappa shape index (κ1) is 10.4. The zero-order valence-corrected chi connectivity index (χ0v) is 8.54. The van der Waals surface area contributed by atoms with Crippen LogP contribution in [0.4, 0.5) is 0 Å². The molecule has 3 unspecified atom stereocenters. The van der Waals surface area contributed by atoms with E-state index in [-0.39, 0.29) is 12.1 Å². The van der Waals surface area contributed by atoms with Crippen LogP contribution in [0.1, 0.15) is 19.3 Å². The molecular weight excluding hydrogens is 180 g/mol. The van der Waals surface area contributed by atoms with Crippen LogP contribution in [0.5, 0.6) is 0 Å². The predicted molar refractivity (Wildman–Crippen MR) is 54.3 cm³/mol. The van der Waals surface area contributed by atoms with E-state index in [2.05, 4.69) is 10.6 Å². The zero-order chi connectivity index (χ0) is 9.80. The highest BCUT2D eigenvalue weighted by molar-refractivity contribution is 4.85. The zero-order valence-electron chi connectivity index (χ0n) is 8.54. The van der Waals surface area contributed by atoms with E-state index in [0.717, 1.165) is 19.5 Å². The average Bonchev–Trinajstić information content (AvgIpc) is 2.44. The second-order valence-electron chi connectivity index (χ2n) is 4.26. The summed E-state index contributed by atoms with van der Waals surface area (Å²) in [5.74, 6) is 0. The molecule has 0 radical (unpaired) electrons. The molecule has 0 aromatic rings. The van der Waals surface area contributed by atoms with Gasteiger partial charge in [-0.1, -0.05) is 0 Å². The normalized spacial score (nSPS) is 39.6. The summed E-state index contributed by atoms with van der Waals surface area (Å²) in [4.78, 5) is 0. The fourth-order valence-corrected chi connectivity index (χ4v) is 2.19. The summed E-state index contributed by atoms with van der Waals surface area (Å²) in [6.07, 6.45) is 3.27. The van der Waals surface area contributed by atoms with Crippen molar-refractivity contribution in [1.29, 1.82) is 0 Å². The molecule has 0 bridgehead atoms. The van der Waals surface area contributed by atoms with Gasteiger partial charge in [0.05, 0.1) is 25.4 Å². The standard InChI is InChI=1S/C10H20N2O2/c13-10-7-14-6-9(10)12-8-2-1-4-11-5-3-8/h8-13H,1-7H2. The fraction of sp³-hybridized carbons (Fsp3) is 1.00. The summed E-state index contributed by atoms with van der Waals surface area (Å²) < 4.78 is 5.21. The minimum absolute atomic E-state index is 0.151. The van der Waals surface area contributed by atoms with Gasteiger partial charge in [-0.25, -0.2) is 0 Å². The quantitative estimate of drug-likeness (QED) is 0.561. The third-order valence-corrected chi connectivity index (χ3v) is 3.08. The highest BCUT2D eigenvalue weighted by atomic mass is 16.5. The molecule has 0 aliphatic carbocycles. The molecule has 2 heterocycles. The number of rotatable bonds is 2. The lowest BCUT2D eigenvalue weighted by molar-refractivity contribution is 0.121. The summed E-state index contributed by atoms with van der Waals surface area (Å²) in [6, 6.07) is 0.699. The van der Waals surface area contributed by atoms with Crippen LogP contribution in [-0.4, -0.2) is 49.6 Å². The molecule has 0 spiro atoms. The first-order valence-electron chi connectivity index (χ1n) is 5.59. The van der Waals surface area contributed by atoms with E-state index in [9.17, 15) is 5.11 Å². The first-order chi connectivity index (χ1) is 6.86. The maximum atomic E-state index is 9.59. The second-order valence-corrected chi connectivity index (χ2v) is 4.26. The van der Waals surface area contributed by atoms with Crippen LogP contribution in [0.25, 0.3) is 0 Å². The van der Waals surface area contributed by atoms with Gasteiger partial charge in [0.2, 0.25) is 0 Å². The van der Waals surface area contributed by atoms with Gasteiger partial charge in [-0.2, -0.15) is 0 Å². The summed E-state index contributed by atoms with van der Waals surface area (Å²) in [5, 5.41) is 16.5. The Morgan fingerprint density at radius 1 is 1.21 bits per heavy atom. The van der Waals surface area contributed by atoms with Crippen molar-refractivity contribution < 1.29 is 9.84 Å². The molecule has 2 rings (SSSR count). The maximum absolute atomic E-state index is 9.59. The maximum Gasteiger partial charge on any atom is 0.0948 e. The Morgan fingerprint density at radius 3 is 2.93 bits per heavy atom. The number of nitrogens with one attached hydrogen (secondary N) is 2. The predicted octanol–water partition coefficient (Wildman–Crippen LogP) is -0.522. The Kier molecular flexibility index (Phi) is 3.75. The van der Waals surface area contributed by atoms with E-state index in [4.69, 9.17) is 4.74 Å². The molecular formula is C10H20N2O2. The molecule has 0 saturated carbocycles. The van der Waals surface area contributed by atoms with E-state index < -0.39 is 0 Å². The molecule has 0 amide bonds. The molecule has 3 N–H and O–H groups in total. The number of hydrogen-bond acceptors (Lipinski definition) is 4. The highest BCUT2D eigenvalue weighted by Crippen LogP contribution is 2.11. The summed E-state index contributed by atoms with van der Waals surface area (Å²) in [6.45, 7) is 3.36. The van der Waals surface area contributed by atoms with Gasteiger partial charge in [-0.05, 0) is 32.4 Å². The minimum Gasteiger partial charge on any atom is -0.389 e. The van der Waals surface area contributed by atoms with Crippen molar-refractivity contribution >= 4 is 0 Å². The van der Waals surface area contributed by atoms with Gasteiger partial charge >= 0.3 is 0 Å². The van der Waals surface area contributed by atoms with Crippen LogP contribution in [-0.2, 0) is 4.74 Å². The lowest BCUT2D eigenvalue weighted by Gasteiger charge is -2.22. The molecule has 82 valence electrons. The largest absolute Gasteiger partial charge is 0.389 e. The number of aliphatic hydroxyl groups excluding tert-OH is 1. The minimum atomic E-state index is -0.314. The summed E-state index contributed by atoms with van der Waals surface area (Å²) >= 11 is 0. The smallest absolute Gasteiger partial charge is 0.0948 e. The van der Waals surface area contributed by atoms with Crippen LogP contribution in [0, 0.1) is 0 Å². The second kappa shape index (κ2) is 5.07. The Morgan fingerprint density at radius 2 is 2.14 bits per heavy atom. The Labute approximate surface area is 85.0 Å². The van der Waals surface area contributed by atoms with Gasteiger partial charge in [0.1, 0.15) is 0 Å². The van der Waals surface area contributed by atoms with Gasteiger partial charge < -0.3 is 20.5 Å². The summed E-state index contributed by atoms with van der Waals surface area (Å²) in [5.41, 5.74) is 0. The molecule has 4 heteroatoms. The van der Waals surface area contributed by atoms with Gasteiger partial charge in [0.15, 0.2) is 0 Å². The topological polar surface area (TPSA) is 53.5 Å². The molecule has 2 aliphatic heterocycles. The van der Waals surface area contributed by atoms with Crippen molar-refractivity contribution in [2.45, 2.75) is 37.5 Å². The van der Waals surface area contributed by atoms with Gasteiger partial charge in [-0.3, -0.25) is 0 Å². The van der Waals surface area contributed by atoms with Crippen molar-refractivity contribution in [3.63, 3.8) is 0 Å². The Balaban J connectivity index is 1.77. The van der Waals surface area contributed by atoms with Gasteiger partial charge in [-0.15, -0.1) is 0 Å². The molecule has 4 nitrogen and oxygen atoms in total. The van der Waals surface area contributed by atoms with E-state index in [1.165, 1.54) is 12.8 Å². The van der Waals surface area contributed by atoms with Crippen LogP contribution in [0.2, 0.25) is 0 Å². The van der Waals surface area contributed by atoms with Crippen molar-refractivity contribution in [1.82, 2.24) is 10.6 Å². The molecule has 2 fully saturated rings. The average molecular weight is 200 g/mol. The fourth-order valence-electron chi connectivity index (χ4n) is 2.19. The first-order valence-corrected chi connectivity index (χ1v) is 5.59. The van der Waals surface area contributed by atoms with Gasteiger partial charge in [0.25, 0.3) is 0 Å². The number of hydrogen-bond donors (Lipinski definition) is 3. The Bertz CT molecular complexity index is 170. The highest BCUT2D eigenvalue weighted by Gasteiger charge is 2.28. The van der Waals surface area contributed by atoms with Crippen LogP contribution < -0.4 is 10.6 Å². The van der Waals surface area contributed by atoms with E-state index in [0.29, 0.717) is 19.3 Å². The van der Waals surface area contributed by atoms with Crippen molar-refractivity contribution in [3.8, 4) is 0 Å². The molecule has 2 saturated heterocycles.